The molecule has 3 rings (SSSR count). The summed E-state index contributed by atoms with van der Waals surface area (Å²) in [7, 11) is 0. The number of halogens is 3. The predicted molar refractivity (Wildman–Crippen MR) is 103 cm³/mol. The number of aliphatic hydroxyl groups is 1. The maximum atomic E-state index is 14.0. The lowest BCUT2D eigenvalue weighted by atomic mass is 10.0. The van der Waals surface area contributed by atoms with E-state index in [1.165, 1.54) is 11.0 Å². The van der Waals surface area contributed by atoms with Crippen molar-refractivity contribution in [3.63, 3.8) is 0 Å². The highest BCUT2D eigenvalue weighted by molar-refractivity contribution is 9.10. The number of hydrogen-bond donors (Lipinski definition) is 2. The van der Waals surface area contributed by atoms with Crippen LogP contribution in [-0.4, -0.2) is 64.8 Å². The number of nitrogens with one attached hydrogen (secondary N) is 1. The van der Waals surface area contributed by atoms with Gasteiger partial charge in [0.05, 0.1) is 25.2 Å². The Hall–Kier alpha value is -1.74. The van der Waals surface area contributed by atoms with Gasteiger partial charge in [0.25, 0.3) is 0 Å². The molecule has 1 saturated heterocycles. The number of urea groups is 1. The molecule has 3 amide bonds. The van der Waals surface area contributed by atoms with Gasteiger partial charge in [0, 0.05) is 35.7 Å². The number of hydrogen-bond acceptors (Lipinski definition) is 3. The summed E-state index contributed by atoms with van der Waals surface area (Å²) in [5.74, 6) is -0.775. The molecule has 0 bridgehead atoms. The van der Waals surface area contributed by atoms with Crippen molar-refractivity contribution in [2.45, 2.75) is 50.4 Å². The van der Waals surface area contributed by atoms with Gasteiger partial charge in [-0.3, -0.25) is 9.18 Å². The fourth-order valence-corrected chi connectivity index (χ4v) is 3.93. The normalized spacial score (nSPS) is 22.1. The maximum Gasteiger partial charge on any atom is 0.318 e. The second kappa shape index (κ2) is 9.17. The summed E-state index contributed by atoms with van der Waals surface area (Å²) >= 11 is 3.20. The number of rotatable bonds is 6. The standard InChI is InChI=1S/C19H24BrF2N3O3/c20-13-2-1-12(17(22)7-13)9-23-19(28)25(14-3-4-14)15-8-16(26)11-24(10-15)18(27)5-6-21/h1-2,7,14-16,26H,3-6,8-11H2,(H,23,28). The van der Waals surface area contributed by atoms with Crippen molar-refractivity contribution in [1.82, 2.24) is 15.1 Å². The van der Waals surface area contributed by atoms with Gasteiger partial charge in [-0.15, -0.1) is 0 Å². The summed E-state index contributed by atoms with van der Waals surface area (Å²) in [6.07, 6.45) is 1.07. The summed E-state index contributed by atoms with van der Waals surface area (Å²) in [5, 5.41) is 12.9. The molecule has 0 aromatic heterocycles. The summed E-state index contributed by atoms with van der Waals surface area (Å²) < 4.78 is 27.1. The number of β-amino-alcohol motifs (C(OH)–C–C–N with tert-alkyl or cyclic N) is 1. The third-order valence-electron chi connectivity index (χ3n) is 5.08. The van der Waals surface area contributed by atoms with Crippen LogP contribution in [0.4, 0.5) is 13.6 Å². The molecule has 9 heteroatoms. The molecule has 1 aromatic rings. The van der Waals surface area contributed by atoms with E-state index in [4.69, 9.17) is 0 Å². The van der Waals surface area contributed by atoms with Gasteiger partial charge < -0.3 is 20.2 Å². The Morgan fingerprint density at radius 1 is 1.29 bits per heavy atom. The van der Waals surface area contributed by atoms with E-state index >= 15 is 0 Å². The van der Waals surface area contributed by atoms with Gasteiger partial charge in [-0.2, -0.15) is 0 Å². The van der Waals surface area contributed by atoms with Crippen molar-refractivity contribution in [3.05, 3.63) is 34.1 Å². The highest BCUT2D eigenvalue weighted by atomic mass is 79.9. The van der Waals surface area contributed by atoms with E-state index in [9.17, 15) is 23.5 Å². The molecule has 2 unspecified atom stereocenters. The van der Waals surface area contributed by atoms with Gasteiger partial charge in [-0.05, 0) is 31.4 Å². The van der Waals surface area contributed by atoms with Crippen LogP contribution in [0.5, 0.6) is 0 Å². The second-order valence-corrected chi connectivity index (χ2v) is 8.23. The van der Waals surface area contributed by atoms with Crippen LogP contribution in [0.2, 0.25) is 0 Å². The molecule has 6 nitrogen and oxygen atoms in total. The lowest BCUT2D eigenvalue weighted by Crippen LogP contribution is -2.58. The molecule has 0 spiro atoms. The molecule has 1 saturated carbocycles. The zero-order valence-corrected chi connectivity index (χ0v) is 17.0. The number of aliphatic hydroxyl groups excluding tert-OH is 1. The van der Waals surface area contributed by atoms with Crippen LogP contribution in [0, 0.1) is 5.82 Å². The van der Waals surface area contributed by atoms with Crippen molar-refractivity contribution in [2.24, 2.45) is 0 Å². The molecule has 1 heterocycles. The first kappa shape index (κ1) is 21.0. The number of nitrogens with zero attached hydrogens (tertiary/aromatic N) is 2. The summed E-state index contributed by atoms with van der Waals surface area (Å²) in [4.78, 5) is 28.0. The fourth-order valence-electron chi connectivity index (χ4n) is 3.60. The van der Waals surface area contributed by atoms with Crippen molar-refractivity contribution in [1.29, 1.82) is 0 Å². The highest BCUT2D eigenvalue weighted by Gasteiger charge is 2.41. The molecule has 2 fully saturated rings. The third-order valence-corrected chi connectivity index (χ3v) is 5.57. The number of benzene rings is 1. The van der Waals surface area contributed by atoms with Crippen LogP contribution in [0.15, 0.2) is 22.7 Å². The molecule has 2 atom stereocenters. The summed E-state index contributed by atoms with van der Waals surface area (Å²) in [5.41, 5.74) is 0.371. The average Bonchev–Trinajstić information content (AvgIpc) is 3.46. The number of carbonyl (C=O) groups excluding carboxylic acids is 2. The van der Waals surface area contributed by atoms with Crippen molar-refractivity contribution in [2.75, 3.05) is 19.8 Å². The van der Waals surface area contributed by atoms with Crippen molar-refractivity contribution in [3.8, 4) is 0 Å². The van der Waals surface area contributed by atoms with Crippen LogP contribution in [0.3, 0.4) is 0 Å². The van der Waals surface area contributed by atoms with Crippen LogP contribution in [-0.2, 0) is 11.3 Å². The smallest absolute Gasteiger partial charge is 0.318 e. The van der Waals surface area contributed by atoms with E-state index in [2.05, 4.69) is 21.2 Å². The fraction of sp³-hybridized carbons (Fsp3) is 0.579. The van der Waals surface area contributed by atoms with E-state index in [-0.39, 0.29) is 50.1 Å². The maximum absolute atomic E-state index is 14.0. The zero-order valence-electron chi connectivity index (χ0n) is 15.4. The van der Waals surface area contributed by atoms with Gasteiger partial charge in [-0.1, -0.05) is 22.0 Å². The molecule has 2 N–H and O–H groups in total. The van der Waals surface area contributed by atoms with Crippen LogP contribution < -0.4 is 5.32 Å². The Morgan fingerprint density at radius 3 is 2.68 bits per heavy atom. The van der Waals surface area contributed by atoms with E-state index in [0.29, 0.717) is 16.5 Å². The minimum atomic E-state index is -0.764. The van der Waals surface area contributed by atoms with Gasteiger partial charge in [0.1, 0.15) is 5.82 Å². The summed E-state index contributed by atoms with van der Waals surface area (Å²) in [6, 6.07) is 3.99. The van der Waals surface area contributed by atoms with Crippen molar-refractivity contribution < 1.29 is 23.5 Å². The Bertz CT molecular complexity index is 732. The number of alkyl halides is 1. The van der Waals surface area contributed by atoms with Crippen LogP contribution in [0.1, 0.15) is 31.2 Å². The van der Waals surface area contributed by atoms with Crippen molar-refractivity contribution >= 4 is 27.9 Å². The lowest BCUT2D eigenvalue weighted by molar-refractivity contribution is -0.136. The minimum Gasteiger partial charge on any atom is -0.391 e. The second-order valence-electron chi connectivity index (χ2n) is 7.31. The number of carbonyl (C=O) groups is 2. The van der Waals surface area contributed by atoms with Gasteiger partial charge in [0.2, 0.25) is 5.91 Å². The predicted octanol–water partition coefficient (Wildman–Crippen LogP) is 2.58. The molecule has 1 aliphatic heterocycles. The zero-order chi connectivity index (χ0) is 20.3. The average molecular weight is 460 g/mol. The van der Waals surface area contributed by atoms with Crippen LogP contribution in [0.25, 0.3) is 0 Å². The first-order valence-corrected chi connectivity index (χ1v) is 10.2. The molecule has 1 aliphatic carbocycles. The quantitative estimate of drug-likeness (QED) is 0.686. The van der Waals surface area contributed by atoms with E-state index in [1.54, 1.807) is 17.0 Å². The third kappa shape index (κ3) is 5.20. The van der Waals surface area contributed by atoms with Gasteiger partial charge in [-0.25, -0.2) is 9.18 Å². The summed E-state index contributed by atoms with van der Waals surface area (Å²) in [6.45, 7) is -0.283. The Balaban J connectivity index is 1.66. The van der Waals surface area contributed by atoms with E-state index < -0.39 is 18.6 Å². The van der Waals surface area contributed by atoms with Gasteiger partial charge >= 0.3 is 6.03 Å². The number of piperidine rings is 1. The van der Waals surface area contributed by atoms with E-state index in [1.807, 2.05) is 0 Å². The highest BCUT2D eigenvalue weighted by Crippen LogP contribution is 2.32. The first-order valence-electron chi connectivity index (χ1n) is 9.41. The molecular formula is C19H24BrF2N3O3. The molecule has 28 heavy (non-hydrogen) atoms. The van der Waals surface area contributed by atoms with Crippen LogP contribution >= 0.6 is 15.9 Å². The molecule has 2 aliphatic rings. The molecule has 1 aromatic carbocycles. The lowest BCUT2D eigenvalue weighted by Gasteiger charge is -2.41. The van der Waals surface area contributed by atoms with Gasteiger partial charge in [0.15, 0.2) is 0 Å². The number of likely N-dealkylation sites (tertiary alicyclic amines) is 1. The Labute approximate surface area is 171 Å². The monoisotopic (exact) mass is 459 g/mol. The van der Waals surface area contributed by atoms with E-state index in [0.717, 1.165) is 12.8 Å². The first-order chi connectivity index (χ1) is 13.4. The number of amides is 3. The minimum absolute atomic E-state index is 0.0426. The Morgan fingerprint density at radius 2 is 2.04 bits per heavy atom. The molecule has 154 valence electrons. The Kier molecular flexibility index (Phi) is 6.87. The molecular weight excluding hydrogens is 436 g/mol. The largest absolute Gasteiger partial charge is 0.391 e. The SMILES string of the molecule is O=C(CCF)N1CC(O)CC(N(C(=O)NCc2ccc(Br)cc2F)C2CC2)C1. The topological polar surface area (TPSA) is 72.9 Å². The molecule has 0 radical (unpaired) electrons.